The lowest BCUT2D eigenvalue weighted by molar-refractivity contribution is -0.384. The number of hydrazone groups is 1. The minimum atomic E-state index is -4.36. The lowest BCUT2D eigenvalue weighted by Crippen LogP contribution is -2.16. The summed E-state index contributed by atoms with van der Waals surface area (Å²) >= 11 is 0. The van der Waals surface area contributed by atoms with Crippen LogP contribution in [0.1, 0.15) is 15.9 Å². The van der Waals surface area contributed by atoms with Gasteiger partial charge in [-0.1, -0.05) is 12.1 Å². The van der Waals surface area contributed by atoms with Crippen molar-refractivity contribution in [2.24, 2.45) is 5.10 Å². The van der Waals surface area contributed by atoms with E-state index in [1.165, 1.54) is 56.8 Å². The van der Waals surface area contributed by atoms with Gasteiger partial charge in [-0.05, 0) is 36.4 Å². The van der Waals surface area contributed by atoms with Gasteiger partial charge in [0.2, 0.25) is 5.75 Å². The van der Waals surface area contributed by atoms with Crippen LogP contribution in [0.15, 0.2) is 64.6 Å². The van der Waals surface area contributed by atoms with Gasteiger partial charge in [0.15, 0.2) is 11.5 Å². The second-order valence-electron chi connectivity index (χ2n) is 7.04. The summed E-state index contributed by atoms with van der Waals surface area (Å²) in [6.45, 7) is 0. The summed E-state index contributed by atoms with van der Waals surface area (Å²) in [6.07, 6.45) is 1.28. The zero-order chi connectivity index (χ0) is 26.5. The van der Waals surface area contributed by atoms with Gasteiger partial charge in [-0.2, -0.15) is 5.10 Å². The Morgan fingerprint density at radius 3 is 2.28 bits per heavy atom. The number of phenolic OH excluding ortho intramolecular Hbond substituents is 1. The van der Waals surface area contributed by atoms with E-state index in [-0.39, 0.29) is 34.2 Å². The number of hydrogen-bond acceptors (Lipinski definition) is 10. The first kappa shape index (κ1) is 25.8. The molecule has 0 heterocycles. The highest BCUT2D eigenvalue weighted by molar-refractivity contribution is 7.92. The predicted octanol–water partition coefficient (Wildman–Crippen LogP) is 3.26. The fourth-order valence-electron chi connectivity index (χ4n) is 3.05. The molecular formula is C22H20N4O9S. The van der Waals surface area contributed by atoms with Crippen molar-refractivity contribution in [2.75, 3.05) is 24.4 Å². The number of nitro groups is 1. The Hall–Kier alpha value is -4.85. The van der Waals surface area contributed by atoms with Crippen LogP contribution >= 0.6 is 0 Å². The standard InChI is InChI=1S/C22H20N4O9S/c1-34-19-9-13(10-20(35-2)21(19)27)12-23-24-17-8-7-14(11-18(17)26(30)31)36(32,33)25-16-6-4-3-5-15(16)22(28)29/h3-12,24-25,27H,1-2H3,(H,28,29)/b23-12+. The molecular weight excluding hydrogens is 496 g/mol. The van der Waals surface area contributed by atoms with E-state index < -0.39 is 31.5 Å². The first-order valence-electron chi connectivity index (χ1n) is 9.95. The van der Waals surface area contributed by atoms with Crippen molar-refractivity contribution >= 4 is 39.3 Å². The second-order valence-corrected chi connectivity index (χ2v) is 8.72. The van der Waals surface area contributed by atoms with E-state index >= 15 is 0 Å². The van der Waals surface area contributed by atoms with Crippen molar-refractivity contribution in [3.63, 3.8) is 0 Å². The van der Waals surface area contributed by atoms with Crippen molar-refractivity contribution in [1.82, 2.24) is 0 Å². The second kappa shape index (κ2) is 10.6. The Morgan fingerprint density at radius 1 is 1.06 bits per heavy atom. The Balaban J connectivity index is 1.89. The first-order valence-corrected chi connectivity index (χ1v) is 11.4. The van der Waals surface area contributed by atoms with Crippen molar-refractivity contribution < 1.29 is 37.8 Å². The van der Waals surface area contributed by atoms with Gasteiger partial charge in [0.05, 0.1) is 41.5 Å². The Bertz CT molecular complexity index is 1430. The molecule has 14 heteroatoms. The summed E-state index contributed by atoms with van der Waals surface area (Å²) in [6, 6.07) is 11.3. The van der Waals surface area contributed by atoms with Crippen LogP contribution in [0.3, 0.4) is 0 Å². The van der Waals surface area contributed by atoms with Gasteiger partial charge in [0.1, 0.15) is 5.69 Å². The summed E-state index contributed by atoms with van der Waals surface area (Å²) in [7, 11) is -1.66. The highest BCUT2D eigenvalue weighted by Gasteiger charge is 2.23. The fourth-order valence-corrected chi connectivity index (χ4v) is 4.15. The molecule has 4 N–H and O–H groups in total. The largest absolute Gasteiger partial charge is 0.502 e. The summed E-state index contributed by atoms with van der Waals surface area (Å²) in [5, 5.41) is 34.7. The van der Waals surface area contributed by atoms with Crippen molar-refractivity contribution in [1.29, 1.82) is 0 Å². The van der Waals surface area contributed by atoms with Gasteiger partial charge >= 0.3 is 5.97 Å². The number of methoxy groups -OCH3 is 2. The lowest BCUT2D eigenvalue weighted by atomic mass is 10.2. The number of aromatic carboxylic acids is 1. The number of anilines is 2. The molecule has 3 rings (SSSR count). The van der Waals surface area contributed by atoms with Crippen LogP contribution in [-0.2, 0) is 10.0 Å². The summed E-state index contributed by atoms with van der Waals surface area (Å²) in [5.74, 6) is -1.32. The van der Waals surface area contributed by atoms with E-state index in [0.29, 0.717) is 5.56 Å². The molecule has 0 saturated heterocycles. The first-order chi connectivity index (χ1) is 17.1. The number of ether oxygens (including phenoxy) is 2. The number of carboxylic acid groups (broad SMARTS) is 1. The zero-order valence-electron chi connectivity index (χ0n) is 18.8. The highest BCUT2D eigenvalue weighted by Crippen LogP contribution is 2.36. The number of rotatable bonds is 10. The van der Waals surface area contributed by atoms with Crippen LogP contribution < -0.4 is 19.6 Å². The van der Waals surface area contributed by atoms with Gasteiger partial charge in [-0.25, -0.2) is 13.2 Å². The third kappa shape index (κ3) is 5.61. The SMILES string of the molecule is COc1cc(/C=N/Nc2ccc(S(=O)(=O)Nc3ccccc3C(=O)O)cc2[N+](=O)[O-])cc(OC)c1O. The minimum absolute atomic E-state index is 0.112. The van der Waals surface area contributed by atoms with Crippen LogP contribution in [0, 0.1) is 10.1 Å². The van der Waals surface area contributed by atoms with Crippen LogP contribution in [0.2, 0.25) is 0 Å². The number of nitrogens with one attached hydrogen (secondary N) is 2. The summed E-state index contributed by atoms with van der Waals surface area (Å²) in [5.41, 5.74) is 1.71. The molecule has 0 atom stereocenters. The molecule has 36 heavy (non-hydrogen) atoms. The van der Waals surface area contributed by atoms with Crippen LogP contribution in [-0.4, -0.2) is 50.0 Å². The number of sulfonamides is 1. The van der Waals surface area contributed by atoms with Gasteiger partial charge in [0.25, 0.3) is 15.7 Å². The maximum Gasteiger partial charge on any atom is 0.337 e. The third-order valence-corrected chi connectivity index (χ3v) is 6.14. The van der Waals surface area contributed by atoms with Gasteiger partial charge in [-0.3, -0.25) is 20.3 Å². The summed E-state index contributed by atoms with van der Waals surface area (Å²) < 4.78 is 37.8. The number of hydrogen-bond donors (Lipinski definition) is 4. The molecule has 0 fully saturated rings. The summed E-state index contributed by atoms with van der Waals surface area (Å²) in [4.78, 5) is 21.7. The molecule has 0 radical (unpaired) electrons. The number of nitro benzene ring substituents is 1. The van der Waals surface area contributed by atoms with E-state index in [9.17, 15) is 33.5 Å². The number of carboxylic acids is 1. The zero-order valence-corrected chi connectivity index (χ0v) is 19.6. The van der Waals surface area contributed by atoms with E-state index in [0.717, 1.165) is 18.2 Å². The smallest absolute Gasteiger partial charge is 0.337 e. The van der Waals surface area contributed by atoms with Crippen molar-refractivity contribution in [2.45, 2.75) is 4.90 Å². The molecule has 0 aliphatic heterocycles. The molecule has 188 valence electrons. The minimum Gasteiger partial charge on any atom is -0.502 e. The molecule has 3 aromatic rings. The molecule has 0 aliphatic rings. The van der Waals surface area contributed by atoms with Gasteiger partial charge < -0.3 is 19.7 Å². The van der Waals surface area contributed by atoms with E-state index in [2.05, 4.69) is 15.2 Å². The van der Waals surface area contributed by atoms with Crippen molar-refractivity contribution in [3.8, 4) is 17.2 Å². The number of para-hydroxylation sites is 1. The normalized spacial score (nSPS) is 11.2. The Labute approximate surface area is 204 Å². The van der Waals surface area contributed by atoms with Crippen molar-refractivity contribution in [3.05, 3.63) is 75.8 Å². The van der Waals surface area contributed by atoms with E-state index in [1.807, 2.05) is 0 Å². The molecule has 0 aromatic heterocycles. The maximum atomic E-state index is 12.8. The molecule has 0 bridgehead atoms. The quantitative estimate of drug-likeness (QED) is 0.177. The number of benzene rings is 3. The molecule has 0 aliphatic carbocycles. The predicted molar refractivity (Wildman–Crippen MR) is 130 cm³/mol. The van der Waals surface area contributed by atoms with E-state index in [1.54, 1.807) is 0 Å². The Kier molecular flexibility index (Phi) is 7.59. The maximum absolute atomic E-state index is 12.8. The fraction of sp³-hybridized carbons (Fsp3) is 0.0909. The lowest BCUT2D eigenvalue weighted by Gasteiger charge is -2.11. The number of phenols is 1. The molecule has 0 amide bonds. The molecule has 0 saturated carbocycles. The number of nitrogens with zero attached hydrogens (tertiary/aromatic N) is 2. The average molecular weight is 516 g/mol. The third-order valence-electron chi connectivity index (χ3n) is 4.78. The average Bonchev–Trinajstić information content (AvgIpc) is 2.84. The Morgan fingerprint density at radius 2 is 1.69 bits per heavy atom. The topological polar surface area (TPSA) is 190 Å². The van der Waals surface area contributed by atoms with Gasteiger partial charge in [-0.15, -0.1) is 0 Å². The van der Waals surface area contributed by atoms with Gasteiger partial charge in [0, 0.05) is 11.6 Å². The van der Waals surface area contributed by atoms with Crippen LogP contribution in [0.4, 0.5) is 17.1 Å². The monoisotopic (exact) mass is 516 g/mol. The van der Waals surface area contributed by atoms with E-state index in [4.69, 9.17) is 9.47 Å². The van der Waals surface area contributed by atoms with Crippen LogP contribution in [0.5, 0.6) is 17.2 Å². The number of carbonyl (C=O) groups is 1. The molecule has 3 aromatic carbocycles. The highest BCUT2D eigenvalue weighted by atomic mass is 32.2. The number of aromatic hydroxyl groups is 1. The molecule has 0 unspecified atom stereocenters. The van der Waals surface area contributed by atoms with Crippen LogP contribution in [0.25, 0.3) is 0 Å². The molecule has 0 spiro atoms. The molecule has 13 nitrogen and oxygen atoms in total.